The van der Waals surface area contributed by atoms with E-state index in [4.69, 9.17) is 4.74 Å². The van der Waals surface area contributed by atoms with E-state index in [-0.39, 0.29) is 0 Å². The lowest BCUT2D eigenvalue weighted by Gasteiger charge is -2.65. The van der Waals surface area contributed by atoms with E-state index >= 15 is 0 Å². The number of nitrogens with one attached hydrogen (secondary N) is 1. The van der Waals surface area contributed by atoms with Crippen molar-refractivity contribution in [3.63, 3.8) is 0 Å². The van der Waals surface area contributed by atoms with Crippen LogP contribution >= 0.6 is 0 Å². The Hall–Kier alpha value is -0.0800. The van der Waals surface area contributed by atoms with Crippen molar-refractivity contribution < 1.29 is 9.64 Å². The molecule has 0 radical (unpaired) electrons. The molecule has 1 N–H and O–H groups in total. The van der Waals surface area contributed by atoms with Crippen LogP contribution in [0.3, 0.4) is 0 Å². The monoisotopic (exact) mass is 151 g/mol. The lowest BCUT2D eigenvalue weighted by molar-refractivity contribution is -0.989. The van der Waals surface area contributed by atoms with Gasteiger partial charge in [0.05, 0.1) is 24.7 Å². The van der Waals surface area contributed by atoms with E-state index in [1.807, 2.05) is 0 Å². The van der Waals surface area contributed by atoms with Gasteiger partial charge >= 0.3 is 0 Å². The molecule has 4 fully saturated rings. The lowest BCUT2D eigenvalue weighted by Crippen LogP contribution is -3.29. The summed E-state index contributed by atoms with van der Waals surface area (Å²) in [7, 11) is 4.18. The van der Waals surface area contributed by atoms with Crippen molar-refractivity contribution in [1.82, 2.24) is 0 Å². The summed E-state index contributed by atoms with van der Waals surface area (Å²) in [6.45, 7) is 2.04. The normalized spacial score (nSPS) is 75.5. The van der Waals surface area contributed by atoms with Crippen LogP contribution in [0.15, 0.2) is 0 Å². The maximum atomic E-state index is 5.56. The van der Waals surface area contributed by atoms with Crippen LogP contribution in [0.5, 0.6) is 0 Å². The topological polar surface area (TPSA) is 13.7 Å². The van der Waals surface area contributed by atoms with Crippen molar-refractivity contribution in [2.75, 3.05) is 13.2 Å². The number of piperidine rings is 1. The van der Waals surface area contributed by atoms with Crippen LogP contribution < -0.4 is 4.90 Å². The van der Waals surface area contributed by atoms with Gasteiger partial charge in [-0.15, -0.1) is 0 Å². The van der Waals surface area contributed by atoms with Crippen LogP contribution in [0.4, 0.5) is 0 Å². The summed E-state index contributed by atoms with van der Waals surface area (Å²) in [6, 6.07) is 1.68. The molecular weight excluding hydrogens is 138 g/mol. The number of likely N-dealkylation sites (tertiary alicyclic amines) is 1. The zero-order chi connectivity index (χ0) is 7.22. The maximum absolute atomic E-state index is 5.56. The molecular formula is C9H13NO. The molecule has 1 spiro atoms. The summed E-state index contributed by atoms with van der Waals surface area (Å²) in [4.78, 5) is 1.53. The first kappa shape index (κ1) is 5.55. The molecule has 6 atom stereocenters. The average Bonchev–Trinajstić information content (AvgIpc) is 2.58. The predicted octanol–water partition coefficient (Wildman–Crippen LogP) is -0.920. The molecule has 11 heavy (non-hydrogen) atoms. The molecule has 0 bridgehead atoms. The molecule has 4 rings (SSSR count). The molecule has 0 amide bonds. The molecule has 2 heterocycles. The SMILES string of the molecule is [CH2-][NH+]1C2COCC23C2CC2C13. The van der Waals surface area contributed by atoms with E-state index in [1.165, 1.54) is 11.3 Å². The number of ether oxygens (including phenoxy) is 1. The fourth-order valence-electron chi connectivity index (χ4n) is 4.19. The van der Waals surface area contributed by atoms with E-state index < -0.39 is 0 Å². The molecule has 2 saturated heterocycles. The van der Waals surface area contributed by atoms with Gasteiger partial charge in [0.1, 0.15) is 6.04 Å². The molecule has 2 aliphatic heterocycles. The Morgan fingerprint density at radius 3 is 3.36 bits per heavy atom. The third kappa shape index (κ3) is 0.338. The molecule has 0 aromatic carbocycles. The van der Waals surface area contributed by atoms with Crippen LogP contribution in [0.25, 0.3) is 0 Å². The summed E-state index contributed by atoms with van der Waals surface area (Å²) >= 11 is 0. The molecule has 2 aliphatic carbocycles. The van der Waals surface area contributed by atoms with Gasteiger partial charge in [0.25, 0.3) is 0 Å². The van der Waals surface area contributed by atoms with Crippen molar-refractivity contribution in [3.8, 4) is 0 Å². The highest BCUT2D eigenvalue weighted by Crippen LogP contribution is 2.71. The zero-order valence-electron chi connectivity index (χ0n) is 6.55. The number of hydrogen-bond donors (Lipinski definition) is 1. The number of quaternary nitrogens is 1. The quantitative estimate of drug-likeness (QED) is 0.442. The number of rotatable bonds is 0. The van der Waals surface area contributed by atoms with Crippen LogP contribution in [0, 0.1) is 24.3 Å². The van der Waals surface area contributed by atoms with Crippen LogP contribution in [-0.4, -0.2) is 25.3 Å². The van der Waals surface area contributed by atoms with Crippen LogP contribution in [0.2, 0.25) is 0 Å². The maximum Gasteiger partial charge on any atom is 0.101 e. The third-order valence-corrected chi connectivity index (χ3v) is 4.67. The van der Waals surface area contributed by atoms with Crippen molar-refractivity contribution in [3.05, 3.63) is 7.05 Å². The minimum absolute atomic E-state index is 0.655. The highest BCUT2D eigenvalue weighted by atomic mass is 16.5. The Balaban J connectivity index is 1.82. The van der Waals surface area contributed by atoms with E-state index in [0.29, 0.717) is 5.41 Å². The molecule has 60 valence electrons. The summed E-state index contributed by atoms with van der Waals surface area (Å²) in [5.74, 6) is 2.12. The van der Waals surface area contributed by atoms with Gasteiger partial charge in [-0.2, -0.15) is 7.05 Å². The second kappa shape index (κ2) is 1.27. The molecule has 4 aliphatic rings. The van der Waals surface area contributed by atoms with Gasteiger partial charge in [-0.05, 0) is 12.3 Å². The van der Waals surface area contributed by atoms with Crippen LogP contribution in [-0.2, 0) is 4.74 Å². The van der Waals surface area contributed by atoms with Gasteiger partial charge in [0.15, 0.2) is 0 Å². The largest absolute Gasteiger partial charge is 0.459 e. The van der Waals surface area contributed by atoms with Gasteiger partial charge in [-0.3, -0.25) is 0 Å². The average molecular weight is 151 g/mol. The first-order chi connectivity index (χ1) is 5.36. The van der Waals surface area contributed by atoms with E-state index in [9.17, 15) is 0 Å². The van der Waals surface area contributed by atoms with Gasteiger partial charge in [0.2, 0.25) is 0 Å². The molecule has 6 unspecified atom stereocenters. The molecule has 2 heteroatoms. The predicted molar refractivity (Wildman–Crippen MR) is 38.7 cm³/mol. The minimum Gasteiger partial charge on any atom is -0.459 e. The molecule has 0 aromatic heterocycles. The summed E-state index contributed by atoms with van der Waals surface area (Å²) < 4.78 is 5.56. The standard InChI is InChI=1S/C9H13NO/c1-10-7-3-11-4-9(7)6-2-5(6)8(9)10/h5-8,10H,1-4H2. The Morgan fingerprint density at radius 2 is 2.45 bits per heavy atom. The van der Waals surface area contributed by atoms with Crippen molar-refractivity contribution in [2.24, 2.45) is 17.3 Å². The minimum atomic E-state index is 0.655. The van der Waals surface area contributed by atoms with E-state index in [1.54, 1.807) is 0 Å². The Morgan fingerprint density at radius 1 is 1.55 bits per heavy atom. The van der Waals surface area contributed by atoms with Gasteiger partial charge in [0, 0.05) is 5.92 Å². The number of hydrogen-bond acceptors (Lipinski definition) is 1. The molecule has 0 aromatic rings. The Bertz CT molecular complexity index is 234. The third-order valence-electron chi connectivity index (χ3n) is 4.67. The van der Waals surface area contributed by atoms with Crippen molar-refractivity contribution in [2.45, 2.75) is 18.5 Å². The van der Waals surface area contributed by atoms with Gasteiger partial charge in [-0.1, -0.05) is 0 Å². The van der Waals surface area contributed by atoms with Gasteiger partial charge < -0.3 is 9.64 Å². The van der Waals surface area contributed by atoms with Crippen molar-refractivity contribution >= 4 is 0 Å². The fourth-order valence-corrected chi connectivity index (χ4v) is 4.19. The van der Waals surface area contributed by atoms with Crippen molar-refractivity contribution in [1.29, 1.82) is 0 Å². The molecule has 2 saturated carbocycles. The summed E-state index contributed by atoms with van der Waals surface area (Å²) in [5.41, 5.74) is 0.655. The first-order valence-electron chi connectivity index (χ1n) is 4.62. The summed E-state index contributed by atoms with van der Waals surface area (Å²) in [6.07, 6.45) is 1.49. The number of fused-ring (bicyclic) bond motifs is 2. The molecule has 2 nitrogen and oxygen atoms in total. The summed E-state index contributed by atoms with van der Waals surface area (Å²) in [5, 5.41) is 0. The van der Waals surface area contributed by atoms with E-state index in [0.717, 1.165) is 37.1 Å². The second-order valence-electron chi connectivity index (χ2n) is 4.74. The lowest BCUT2D eigenvalue weighted by atomic mass is 9.54. The van der Waals surface area contributed by atoms with Crippen LogP contribution in [0.1, 0.15) is 6.42 Å². The Labute approximate surface area is 66.5 Å². The highest BCUT2D eigenvalue weighted by Gasteiger charge is 2.85. The zero-order valence-corrected chi connectivity index (χ0v) is 6.55. The Kier molecular flexibility index (Phi) is 0.641. The fraction of sp³-hybridized carbons (Fsp3) is 0.889. The van der Waals surface area contributed by atoms with Gasteiger partial charge in [-0.25, -0.2) is 0 Å². The second-order valence-corrected chi connectivity index (χ2v) is 4.74. The first-order valence-corrected chi connectivity index (χ1v) is 4.62. The highest BCUT2D eigenvalue weighted by molar-refractivity contribution is 5.27. The smallest absolute Gasteiger partial charge is 0.101 e. The van der Waals surface area contributed by atoms with E-state index in [2.05, 4.69) is 7.05 Å².